The zero-order chi connectivity index (χ0) is 16.4. The number of methoxy groups -OCH3 is 1. The first-order chi connectivity index (χ1) is 11.1. The van der Waals surface area contributed by atoms with Crippen molar-refractivity contribution < 1.29 is 18.9 Å². The molecule has 0 amide bonds. The zero-order valence-electron chi connectivity index (χ0n) is 12.5. The average Bonchev–Trinajstić information content (AvgIpc) is 3.23. The summed E-state index contributed by atoms with van der Waals surface area (Å²) in [5.41, 5.74) is -0.164. The molecule has 23 heavy (non-hydrogen) atoms. The van der Waals surface area contributed by atoms with E-state index in [1.165, 1.54) is 19.4 Å². The number of nitro groups is 1. The molecule has 8 nitrogen and oxygen atoms in total. The molecule has 0 aliphatic carbocycles. The van der Waals surface area contributed by atoms with E-state index in [-0.39, 0.29) is 23.1 Å². The highest BCUT2D eigenvalue weighted by Gasteiger charge is 2.34. The van der Waals surface area contributed by atoms with Crippen molar-refractivity contribution in [3.8, 4) is 0 Å². The lowest BCUT2D eigenvalue weighted by Crippen LogP contribution is -2.24. The summed E-state index contributed by atoms with van der Waals surface area (Å²) >= 11 is 0. The predicted octanol–water partition coefficient (Wildman–Crippen LogP) is 2.71. The lowest BCUT2D eigenvalue weighted by Gasteiger charge is -2.23. The van der Waals surface area contributed by atoms with Gasteiger partial charge in [-0.15, -0.1) is 0 Å². The summed E-state index contributed by atoms with van der Waals surface area (Å²) in [7, 11) is 1.22. The van der Waals surface area contributed by atoms with Crippen LogP contribution in [0.25, 0.3) is 0 Å². The molecule has 0 spiro atoms. The van der Waals surface area contributed by atoms with Gasteiger partial charge < -0.3 is 14.1 Å². The summed E-state index contributed by atoms with van der Waals surface area (Å²) in [5.74, 6) is 0.327. The number of hydrogen-bond acceptors (Lipinski definition) is 7. The topological polar surface area (TPSA) is 98.7 Å². The molecule has 3 rings (SSSR count). The molecule has 0 aromatic carbocycles. The summed E-state index contributed by atoms with van der Waals surface area (Å²) < 4.78 is 10.0. The maximum atomic E-state index is 11.6. The summed E-state index contributed by atoms with van der Waals surface area (Å²) in [6.45, 7) is 0.636. The number of anilines is 1. The van der Waals surface area contributed by atoms with Crippen LogP contribution in [-0.4, -0.2) is 29.5 Å². The monoisotopic (exact) mass is 317 g/mol. The van der Waals surface area contributed by atoms with Crippen molar-refractivity contribution in [2.75, 3.05) is 18.6 Å². The van der Waals surface area contributed by atoms with Gasteiger partial charge in [-0.05, 0) is 25.0 Å². The van der Waals surface area contributed by atoms with Gasteiger partial charge in [0.15, 0.2) is 0 Å². The van der Waals surface area contributed by atoms with Crippen LogP contribution in [0.15, 0.2) is 35.1 Å². The van der Waals surface area contributed by atoms with Gasteiger partial charge in [0.2, 0.25) is 5.82 Å². The normalized spacial score (nSPS) is 17.3. The Labute approximate surface area is 131 Å². The van der Waals surface area contributed by atoms with E-state index in [4.69, 9.17) is 4.42 Å². The molecule has 0 unspecified atom stereocenters. The molecular weight excluding hydrogens is 302 g/mol. The molecule has 8 heteroatoms. The largest absolute Gasteiger partial charge is 0.467 e. The quantitative estimate of drug-likeness (QED) is 0.485. The van der Waals surface area contributed by atoms with Crippen LogP contribution in [0.4, 0.5) is 11.5 Å². The van der Waals surface area contributed by atoms with Crippen molar-refractivity contribution in [2.24, 2.45) is 0 Å². The first kappa shape index (κ1) is 15.0. The summed E-state index contributed by atoms with van der Waals surface area (Å²) in [5, 5.41) is 11.4. The van der Waals surface area contributed by atoms with Crippen LogP contribution in [0, 0.1) is 10.1 Å². The number of rotatable bonds is 4. The molecule has 0 N–H and O–H groups in total. The highest BCUT2D eigenvalue weighted by atomic mass is 16.6. The van der Waals surface area contributed by atoms with Crippen LogP contribution in [0.5, 0.6) is 0 Å². The number of pyridine rings is 1. The lowest BCUT2D eigenvalue weighted by molar-refractivity contribution is -0.384. The fraction of sp³-hybridized carbons (Fsp3) is 0.333. The van der Waals surface area contributed by atoms with Gasteiger partial charge in [0.05, 0.1) is 29.9 Å². The molecule has 120 valence electrons. The fourth-order valence-corrected chi connectivity index (χ4v) is 2.83. The minimum absolute atomic E-state index is 0.0525. The Balaban J connectivity index is 2.01. The van der Waals surface area contributed by atoms with Gasteiger partial charge in [0.1, 0.15) is 5.76 Å². The molecule has 2 aromatic heterocycles. The van der Waals surface area contributed by atoms with Crippen molar-refractivity contribution in [3.05, 3.63) is 52.1 Å². The molecule has 1 atom stereocenters. The van der Waals surface area contributed by atoms with Crippen molar-refractivity contribution in [1.29, 1.82) is 0 Å². The molecular formula is C15H15N3O5. The molecule has 0 saturated carbocycles. The van der Waals surface area contributed by atoms with Gasteiger partial charge in [-0.2, -0.15) is 0 Å². The standard InChI is InChI=1S/C15H15N3O5/c1-22-15(19)10-8-12(18(20)21)14(16-9-10)17-6-2-4-11(17)13-5-3-7-23-13/h3,5,7-9,11H,2,4,6H2,1H3/t11-/m0/s1. The first-order valence-electron chi connectivity index (χ1n) is 7.14. The molecule has 0 radical (unpaired) electrons. The third-order valence-electron chi connectivity index (χ3n) is 3.86. The van der Waals surface area contributed by atoms with Crippen molar-refractivity contribution in [1.82, 2.24) is 4.98 Å². The smallest absolute Gasteiger partial charge is 0.339 e. The summed E-state index contributed by atoms with van der Waals surface area (Å²) in [6, 6.07) is 4.73. The minimum Gasteiger partial charge on any atom is -0.467 e. The van der Waals surface area contributed by atoms with Gasteiger partial charge in [0, 0.05) is 18.8 Å². The molecule has 1 fully saturated rings. The van der Waals surface area contributed by atoms with Crippen LogP contribution in [-0.2, 0) is 4.74 Å². The van der Waals surface area contributed by atoms with Gasteiger partial charge in [-0.1, -0.05) is 0 Å². The van der Waals surface area contributed by atoms with E-state index < -0.39 is 10.9 Å². The molecule has 2 aromatic rings. The highest BCUT2D eigenvalue weighted by Crippen LogP contribution is 2.39. The van der Waals surface area contributed by atoms with Crippen molar-refractivity contribution in [3.63, 3.8) is 0 Å². The Morgan fingerprint density at radius 3 is 3.04 bits per heavy atom. The highest BCUT2D eigenvalue weighted by molar-refractivity contribution is 5.90. The number of furan rings is 1. The average molecular weight is 317 g/mol. The van der Waals surface area contributed by atoms with Gasteiger partial charge >= 0.3 is 11.7 Å². The molecule has 0 bridgehead atoms. The Morgan fingerprint density at radius 2 is 2.39 bits per heavy atom. The predicted molar refractivity (Wildman–Crippen MR) is 80.3 cm³/mol. The second kappa shape index (κ2) is 6.07. The second-order valence-corrected chi connectivity index (χ2v) is 5.18. The van der Waals surface area contributed by atoms with E-state index in [1.54, 1.807) is 12.3 Å². The lowest BCUT2D eigenvalue weighted by atomic mass is 10.1. The van der Waals surface area contributed by atoms with E-state index in [0.29, 0.717) is 6.54 Å². The van der Waals surface area contributed by atoms with Crippen LogP contribution < -0.4 is 4.90 Å². The number of ether oxygens (including phenoxy) is 1. The maximum absolute atomic E-state index is 11.6. The van der Waals surface area contributed by atoms with E-state index in [1.807, 2.05) is 11.0 Å². The van der Waals surface area contributed by atoms with E-state index in [9.17, 15) is 14.9 Å². The molecule has 1 aliphatic rings. The van der Waals surface area contributed by atoms with Crippen LogP contribution in [0.1, 0.15) is 35.0 Å². The number of aromatic nitrogens is 1. The third kappa shape index (κ3) is 2.75. The third-order valence-corrected chi connectivity index (χ3v) is 3.86. The summed E-state index contributed by atoms with van der Waals surface area (Å²) in [4.78, 5) is 28.4. The molecule has 3 heterocycles. The maximum Gasteiger partial charge on any atom is 0.339 e. The van der Waals surface area contributed by atoms with Crippen LogP contribution >= 0.6 is 0 Å². The van der Waals surface area contributed by atoms with E-state index >= 15 is 0 Å². The van der Waals surface area contributed by atoms with Crippen LogP contribution in [0.2, 0.25) is 0 Å². The number of hydrogen-bond donors (Lipinski definition) is 0. The van der Waals surface area contributed by atoms with Crippen molar-refractivity contribution in [2.45, 2.75) is 18.9 Å². The van der Waals surface area contributed by atoms with E-state index in [0.717, 1.165) is 18.6 Å². The summed E-state index contributed by atoms with van der Waals surface area (Å²) in [6.07, 6.45) is 4.58. The van der Waals surface area contributed by atoms with Crippen molar-refractivity contribution >= 4 is 17.5 Å². The van der Waals surface area contributed by atoms with Crippen LogP contribution in [0.3, 0.4) is 0 Å². The Hall–Kier alpha value is -2.90. The molecule has 1 saturated heterocycles. The number of carbonyl (C=O) groups is 1. The number of carbonyl (C=O) groups excluding carboxylic acids is 1. The Bertz CT molecular complexity index is 729. The van der Waals surface area contributed by atoms with Gasteiger partial charge in [-0.25, -0.2) is 9.78 Å². The number of nitrogens with zero attached hydrogens (tertiary/aromatic N) is 3. The minimum atomic E-state index is -0.656. The fourth-order valence-electron chi connectivity index (χ4n) is 2.83. The Kier molecular flexibility index (Phi) is 3.96. The second-order valence-electron chi connectivity index (χ2n) is 5.18. The number of esters is 1. The molecule has 1 aliphatic heterocycles. The van der Waals surface area contributed by atoms with E-state index in [2.05, 4.69) is 9.72 Å². The Morgan fingerprint density at radius 1 is 1.57 bits per heavy atom. The van der Waals surface area contributed by atoms with Gasteiger partial charge in [0.25, 0.3) is 0 Å². The first-order valence-corrected chi connectivity index (χ1v) is 7.14. The SMILES string of the molecule is COC(=O)c1cnc(N2CCC[C@H]2c2ccco2)c([N+](=O)[O-])c1. The van der Waals surface area contributed by atoms with Gasteiger partial charge in [-0.3, -0.25) is 10.1 Å². The zero-order valence-corrected chi connectivity index (χ0v) is 12.5.